The van der Waals surface area contributed by atoms with Crippen LogP contribution in [0.2, 0.25) is 0 Å². The number of benzene rings is 1. The van der Waals surface area contributed by atoms with Crippen LogP contribution in [0.15, 0.2) is 36.7 Å². The van der Waals surface area contributed by atoms with Crippen molar-refractivity contribution in [3.05, 3.63) is 74.0 Å². The molecule has 0 unspecified atom stereocenters. The third-order valence-corrected chi connectivity index (χ3v) is 3.65. The van der Waals surface area contributed by atoms with Crippen molar-refractivity contribution in [3.8, 4) is 0 Å². The van der Waals surface area contributed by atoms with Crippen molar-refractivity contribution in [1.29, 1.82) is 0 Å². The van der Waals surface area contributed by atoms with Gasteiger partial charge in [0, 0.05) is 13.0 Å². The molecule has 0 spiro atoms. The molecule has 128 valence electrons. The molecule has 1 aromatic carbocycles. The average molecular weight is 343 g/mol. The fraction of sp³-hybridized carbons (Fsp3) is 0.214. The van der Waals surface area contributed by atoms with Gasteiger partial charge in [-0.25, -0.2) is 14.2 Å². The number of nitro groups is 2. The predicted molar refractivity (Wildman–Crippen MR) is 84.9 cm³/mol. The van der Waals surface area contributed by atoms with Gasteiger partial charge >= 0.3 is 5.82 Å². The van der Waals surface area contributed by atoms with Crippen LogP contribution >= 0.6 is 0 Å². The minimum absolute atomic E-state index is 0.000594. The summed E-state index contributed by atoms with van der Waals surface area (Å²) in [6.07, 6.45) is 2.78. The summed E-state index contributed by atoms with van der Waals surface area (Å²) in [5.41, 5.74) is 0.983. The topological polar surface area (TPSA) is 135 Å². The van der Waals surface area contributed by atoms with Crippen molar-refractivity contribution in [1.82, 2.24) is 24.5 Å². The maximum atomic E-state index is 11.1. The van der Waals surface area contributed by atoms with E-state index in [1.807, 2.05) is 0 Å². The van der Waals surface area contributed by atoms with E-state index < -0.39 is 9.85 Å². The van der Waals surface area contributed by atoms with Crippen LogP contribution in [0.25, 0.3) is 0 Å². The zero-order valence-corrected chi connectivity index (χ0v) is 13.1. The lowest BCUT2D eigenvalue weighted by atomic mass is 10.2. The Morgan fingerprint density at radius 2 is 1.88 bits per heavy atom. The van der Waals surface area contributed by atoms with Gasteiger partial charge in [-0.2, -0.15) is 0 Å². The van der Waals surface area contributed by atoms with E-state index in [0.717, 1.165) is 0 Å². The molecule has 0 atom stereocenters. The molecule has 0 fully saturated rings. The Kier molecular flexibility index (Phi) is 4.20. The van der Waals surface area contributed by atoms with Crippen LogP contribution in [0.3, 0.4) is 0 Å². The van der Waals surface area contributed by atoms with E-state index in [1.165, 1.54) is 21.5 Å². The Hall–Kier alpha value is -3.63. The first-order valence-electron chi connectivity index (χ1n) is 7.23. The molecule has 0 saturated carbocycles. The normalized spacial score (nSPS) is 10.8. The summed E-state index contributed by atoms with van der Waals surface area (Å²) in [5, 5.41) is 30.0. The van der Waals surface area contributed by atoms with Gasteiger partial charge in [-0.3, -0.25) is 10.1 Å². The van der Waals surface area contributed by atoms with Crippen molar-refractivity contribution < 1.29 is 9.85 Å². The molecular formula is C14H13N7O4. The molecule has 2 aromatic heterocycles. The van der Waals surface area contributed by atoms with Gasteiger partial charge in [0.2, 0.25) is 0 Å². The molecule has 3 aromatic rings. The van der Waals surface area contributed by atoms with E-state index in [9.17, 15) is 20.2 Å². The van der Waals surface area contributed by atoms with Gasteiger partial charge in [0.25, 0.3) is 5.69 Å². The Morgan fingerprint density at radius 3 is 2.60 bits per heavy atom. The van der Waals surface area contributed by atoms with Crippen molar-refractivity contribution >= 4 is 11.5 Å². The van der Waals surface area contributed by atoms with E-state index in [-0.39, 0.29) is 24.6 Å². The van der Waals surface area contributed by atoms with Gasteiger partial charge in [0.15, 0.2) is 5.82 Å². The third kappa shape index (κ3) is 3.34. The molecule has 0 aliphatic heterocycles. The van der Waals surface area contributed by atoms with Crippen LogP contribution in [-0.4, -0.2) is 34.4 Å². The lowest BCUT2D eigenvalue weighted by molar-refractivity contribution is -0.392. The number of hydrogen-bond acceptors (Lipinski definition) is 7. The smallest absolute Gasteiger partial charge is 0.343 e. The first-order chi connectivity index (χ1) is 12.0. The molecule has 0 aliphatic rings. The standard InChI is InChI=1S/C14H13N7O4/c1-10-15-6-14(21(24)25)19(10)9-12-8-18(17-16-12)7-11-4-2-3-5-13(11)20(22)23/h2-6,8H,7,9H2,1H3. The van der Waals surface area contributed by atoms with Crippen molar-refractivity contribution in [2.75, 3.05) is 0 Å². The number of aromatic nitrogens is 5. The SMILES string of the molecule is Cc1ncc([N+](=O)[O-])n1Cc1cn(Cc2ccccc2[N+](=O)[O-])nn1. The largest absolute Gasteiger partial charge is 0.358 e. The zero-order valence-electron chi connectivity index (χ0n) is 13.1. The molecular weight excluding hydrogens is 330 g/mol. The number of imidazole rings is 1. The van der Waals surface area contributed by atoms with Crippen molar-refractivity contribution in [2.45, 2.75) is 20.0 Å². The number of nitro benzene ring substituents is 1. The van der Waals surface area contributed by atoms with E-state index in [4.69, 9.17) is 0 Å². The molecule has 2 heterocycles. The van der Waals surface area contributed by atoms with Gasteiger partial charge in [-0.15, -0.1) is 5.10 Å². The van der Waals surface area contributed by atoms with Crippen LogP contribution in [0, 0.1) is 27.2 Å². The van der Waals surface area contributed by atoms with Crippen molar-refractivity contribution in [2.24, 2.45) is 0 Å². The average Bonchev–Trinajstić information content (AvgIpc) is 3.15. The van der Waals surface area contributed by atoms with Crippen molar-refractivity contribution in [3.63, 3.8) is 0 Å². The van der Waals surface area contributed by atoms with E-state index >= 15 is 0 Å². The second kappa shape index (κ2) is 6.47. The molecule has 0 radical (unpaired) electrons. The number of nitrogens with zero attached hydrogens (tertiary/aromatic N) is 7. The fourth-order valence-corrected chi connectivity index (χ4v) is 2.44. The maximum absolute atomic E-state index is 11.1. The third-order valence-electron chi connectivity index (χ3n) is 3.65. The summed E-state index contributed by atoms with van der Waals surface area (Å²) in [5.74, 6) is 0.352. The Bertz CT molecular complexity index is 946. The van der Waals surface area contributed by atoms with Crippen LogP contribution < -0.4 is 0 Å². The molecule has 0 saturated heterocycles. The first-order valence-corrected chi connectivity index (χ1v) is 7.23. The van der Waals surface area contributed by atoms with Gasteiger partial charge in [-0.05, 0) is 4.92 Å². The molecule has 3 rings (SSSR count). The Balaban J connectivity index is 1.81. The molecule has 0 bridgehead atoms. The maximum Gasteiger partial charge on any atom is 0.343 e. The molecule has 11 nitrogen and oxygen atoms in total. The van der Waals surface area contributed by atoms with Crippen LogP contribution in [0.1, 0.15) is 17.1 Å². The molecule has 0 amide bonds. The van der Waals surface area contributed by atoms with Crippen LogP contribution in [-0.2, 0) is 13.1 Å². The number of hydrogen-bond donors (Lipinski definition) is 0. The summed E-state index contributed by atoms with van der Waals surface area (Å²) >= 11 is 0. The highest BCUT2D eigenvalue weighted by molar-refractivity contribution is 5.39. The second-order valence-electron chi connectivity index (χ2n) is 5.30. The van der Waals surface area contributed by atoms with Gasteiger partial charge in [-0.1, -0.05) is 23.4 Å². The number of para-hydroxylation sites is 1. The quantitative estimate of drug-likeness (QED) is 0.491. The summed E-state index contributed by atoms with van der Waals surface area (Å²) in [6, 6.07) is 6.36. The highest BCUT2D eigenvalue weighted by Gasteiger charge is 2.19. The van der Waals surface area contributed by atoms with E-state index in [1.54, 1.807) is 31.3 Å². The van der Waals surface area contributed by atoms with Gasteiger partial charge in [0.1, 0.15) is 18.4 Å². The number of rotatable bonds is 6. The molecule has 11 heteroatoms. The number of aryl methyl sites for hydroxylation is 1. The van der Waals surface area contributed by atoms with Gasteiger partial charge < -0.3 is 10.1 Å². The summed E-state index contributed by atoms with van der Waals surface area (Å²) in [7, 11) is 0. The second-order valence-corrected chi connectivity index (χ2v) is 5.30. The summed E-state index contributed by atoms with van der Waals surface area (Å²) < 4.78 is 2.87. The fourth-order valence-electron chi connectivity index (χ4n) is 2.44. The lowest BCUT2D eigenvalue weighted by Gasteiger charge is -2.02. The highest BCUT2D eigenvalue weighted by Crippen LogP contribution is 2.19. The minimum atomic E-state index is -0.516. The minimum Gasteiger partial charge on any atom is -0.358 e. The highest BCUT2D eigenvalue weighted by atomic mass is 16.6. The van der Waals surface area contributed by atoms with Crippen LogP contribution in [0.4, 0.5) is 11.5 Å². The van der Waals surface area contributed by atoms with E-state index in [2.05, 4.69) is 15.3 Å². The van der Waals surface area contributed by atoms with Gasteiger partial charge in [0.05, 0.1) is 23.2 Å². The monoisotopic (exact) mass is 343 g/mol. The zero-order chi connectivity index (χ0) is 18.0. The molecule has 25 heavy (non-hydrogen) atoms. The predicted octanol–water partition coefficient (Wildman–Crippen LogP) is 1.70. The summed E-state index contributed by atoms with van der Waals surface area (Å²) in [4.78, 5) is 25.0. The molecule has 0 N–H and O–H groups in total. The Morgan fingerprint density at radius 1 is 1.12 bits per heavy atom. The summed E-state index contributed by atoms with van der Waals surface area (Å²) in [6.45, 7) is 1.97. The first kappa shape index (κ1) is 16.2. The van der Waals surface area contributed by atoms with E-state index in [0.29, 0.717) is 17.1 Å². The lowest BCUT2D eigenvalue weighted by Crippen LogP contribution is -2.06. The molecule has 0 aliphatic carbocycles. The Labute approximate surface area is 140 Å². The van der Waals surface area contributed by atoms with Crippen LogP contribution in [0.5, 0.6) is 0 Å².